The second-order valence-electron chi connectivity index (χ2n) is 5.76. The molecule has 26 heavy (non-hydrogen) atoms. The van der Waals surface area contributed by atoms with Crippen LogP contribution in [0.1, 0.15) is 16.1 Å². The normalized spacial score (nSPS) is 11.7. The van der Waals surface area contributed by atoms with Crippen molar-refractivity contribution >= 4 is 39.3 Å². The Morgan fingerprint density at radius 2 is 1.65 bits per heavy atom. The average molecular weight is 377 g/mol. The minimum atomic E-state index is 0.742. The van der Waals surface area contributed by atoms with E-state index < -0.39 is 0 Å². The van der Waals surface area contributed by atoms with E-state index in [9.17, 15) is 0 Å². The minimum Gasteiger partial charge on any atom is -0.316 e. The number of hydrogen-bond donors (Lipinski definition) is 0. The van der Waals surface area contributed by atoms with Crippen molar-refractivity contribution in [1.29, 1.82) is 0 Å². The molecule has 0 aliphatic heterocycles. The van der Waals surface area contributed by atoms with E-state index in [-0.39, 0.29) is 0 Å². The molecule has 0 spiro atoms. The van der Waals surface area contributed by atoms with Gasteiger partial charge in [-0.15, -0.1) is 11.3 Å². The molecule has 0 unspecified atom stereocenters. The van der Waals surface area contributed by atoms with Crippen molar-refractivity contribution in [3.05, 3.63) is 95.0 Å². The number of benzene rings is 3. The molecule has 5 heteroatoms. The van der Waals surface area contributed by atoms with E-state index in [1.54, 1.807) is 11.3 Å². The molecule has 1 aromatic heterocycles. The number of aryl methyl sites for hydroxylation is 1. The van der Waals surface area contributed by atoms with Crippen LogP contribution in [-0.4, -0.2) is 10.7 Å². The lowest BCUT2D eigenvalue weighted by Crippen LogP contribution is -2.02. The Balaban J connectivity index is 1.65. The van der Waals surface area contributed by atoms with Crippen LogP contribution in [0, 0.1) is 6.92 Å². The molecule has 0 bridgehead atoms. The molecule has 0 saturated heterocycles. The summed E-state index contributed by atoms with van der Waals surface area (Å²) in [5, 5.41) is 5.25. The Bertz CT molecular complexity index is 1010. The van der Waals surface area contributed by atoms with Gasteiger partial charge in [0.25, 0.3) is 0 Å². The van der Waals surface area contributed by atoms with Crippen LogP contribution in [0.4, 0.5) is 0 Å². The third-order valence-electron chi connectivity index (χ3n) is 3.83. The largest absolute Gasteiger partial charge is 0.316 e. The van der Waals surface area contributed by atoms with Crippen LogP contribution in [0.3, 0.4) is 0 Å². The minimum absolute atomic E-state index is 0.742. The molecule has 3 nitrogen and oxygen atoms in total. The highest BCUT2D eigenvalue weighted by Crippen LogP contribution is 2.26. The van der Waals surface area contributed by atoms with Crippen molar-refractivity contribution in [3.8, 4) is 0 Å². The molecule has 0 fully saturated rings. The number of hydrogen-bond acceptors (Lipinski definition) is 5. The third-order valence-corrected chi connectivity index (χ3v) is 5.48. The Hall–Kier alpha value is -2.63. The molecular weight excluding hydrogens is 360 g/mol. The Morgan fingerprint density at radius 1 is 0.923 bits per heavy atom. The molecule has 1 heterocycles. The molecule has 4 rings (SSSR count). The fourth-order valence-corrected chi connectivity index (χ4v) is 3.89. The van der Waals surface area contributed by atoms with E-state index in [4.69, 9.17) is 9.27 Å². The van der Waals surface area contributed by atoms with E-state index in [0.29, 0.717) is 0 Å². The molecule has 0 N–H and O–H groups in total. The summed E-state index contributed by atoms with van der Waals surface area (Å²) in [5.41, 5.74) is 3.92. The SMILES string of the molecule is Cc1ccc(SO/N=C(\c2ccccc2)c2nc3ccccc3s2)cc1. The van der Waals surface area contributed by atoms with Crippen LogP contribution in [0.15, 0.2) is 88.9 Å². The maximum atomic E-state index is 5.60. The van der Waals surface area contributed by atoms with Gasteiger partial charge in [-0.3, -0.25) is 0 Å². The van der Waals surface area contributed by atoms with Gasteiger partial charge in [0.2, 0.25) is 0 Å². The van der Waals surface area contributed by atoms with Gasteiger partial charge in [-0.2, -0.15) is 0 Å². The lowest BCUT2D eigenvalue weighted by molar-refractivity contribution is 0.406. The van der Waals surface area contributed by atoms with Gasteiger partial charge in [0.15, 0.2) is 0 Å². The number of aromatic nitrogens is 1. The van der Waals surface area contributed by atoms with Gasteiger partial charge in [0, 0.05) is 5.56 Å². The van der Waals surface area contributed by atoms with Gasteiger partial charge >= 0.3 is 0 Å². The molecule has 0 amide bonds. The van der Waals surface area contributed by atoms with Gasteiger partial charge < -0.3 is 4.28 Å². The molecule has 0 saturated carbocycles. The molecule has 0 aliphatic carbocycles. The maximum absolute atomic E-state index is 5.60. The van der Waals surface area contributed by atoms with E-state index in [2.05, 4.69) is 30.3 Å². The van der Waals surface area contributed by atoms with Gasteiger partial charge in [0.1, 0.15) is 22.8 Å². The summed E-state index contributed by atoms with van der Waals surface area (Å²) in [6, 6.07) is 26.3. The van der Waals surface area contributed by atoms with Crippen LogP contribution < -0.4 is 0 Å². The number of oxime groups is 1. The maximum Gasteiger partial charge on any atom is 0.147 e. The summed E-state index contributed by atoms with van der Waals surface area (Å²) in [5.74, 6) is 0. The fraction of sp³-hybridized carbons (Fsp3) is 0.0476. The van der Waals surface area contributed by atoms with E-state index in [1.807, 2.05) is 60.7 Å². The topological polar surface area (TPSA) is 34.5 Å². The molecule has 0 radical (unpaired) electrons. The predicted molar refractivity (Wildman–Crippen MR) is 110 cm³/mol. The molecule has 0 aliphatic rings. The van der Waals surface area contributed by atoms with E-state index >= 15 is 0 Å². The molecule has 4 aromatic rings. The Kier molecular flexibility index (Phi) is 5.00. The van der Waals surface area contributed by atoms with Gasteiger partial charge in [-0.05, 0) is 31.2 Å². The van der Waals surface area contributed by atoms with Crippen molar-refractivity contribution < 1.29 is 4.28 Å². The third kappa shape index (κ3) is 3.79. The summed E-state index contributed by atoms with van der Waals surface area (Å²) in [4.78, 5) is 5.74. The zero-order valence-electron chi connectivity index (χ0n) is 14.1. The first-order valence-electron chi connectivity index (χ1n) is 8.19. The van der Waals surface area contributed by atoms with E-state index in [1.165, 1.54) is 17.6 Å². The first-order valence-corrected chi connectivity index (χ1v) is 9.75. The van der Waals surface area contributed by atoms with Crippen LogP contribution >= 0.6 is 23.4 Å². The smallest absolute Gasteiger partial charge is 0.147 e. The van der Waals surface area contributed by atoms with Gasteiger partial charge in [0.05, 0.1) is 15.1 Å². The standard InChI is InChI=1S/C21H16N2OS2/c1-15-11-13-17(14-12-15)26-24-23-20(16-7-3-2-4-8-16)21-22-18-9-5-6-10-19(18)25-21/h2-14H,1H3/b23-20+. The first-order chi connectivity index (χ1) is 12.8. The summed E-state index contributed by atoms with van der Waals surface area (Å²) < 4.78 is 6.73. The van der Waals surface area contributed by atoms with Gasteiger partial charge in [-0.1, -0.05) is 65.3 Å². The van der Waals surface area contributed by atoms with Gasteiger partial charge in [-0.25, -0.2) is 4.98 Å². The van der Waals surface area contributed by atoms with Crippen molar-refractivity contribution in [3.63, 3.8) is 0 Å². The lowest BCUT2D eigenvalue weighted by atomic mass is 10.1. The summed E-state index contributed by atoms with van der Waals surface area (Å²) >= 11 is 2.86. The number of nitrogens with zero attached hydrogens (tertiary/aromatic N) is 2. The molecule has 128 valence electrons. The second-order valence-corrected chi connectivity index (χ2v) is 7.58. The highest BCUT2D eigenvalue weighted by Gasteiger charge is 2.14. The predicted octanol–water partition coefficient (Wildman–Crippen LogP) is 6.08. The summed E-state index contributed by atoms with van der Waals surface area (Å²) in [6.07, 6.45) is 0. The van der Waals surface area contributed by atoms with Crippen molar-refractivity contribution in [2.24, 2.45) is 5.16 Å². The molecule has 3 aromatic carbocycles. The number of fused-ring (bicyclic) bond motifs is 1. The fourth-order valence-electron chi connectivity index (χ4n) is 2.48. The number of rotatable bonds is 5. The Morgan fingerprint density at radius 3 is 2.42 bits per heavy atom. The van der Waals surface area contributed by atoms with Crippen molar-refractivity contribution in [2.45, 2.75) is 11.8 Å². The zero-order chi connectivity index (χ0) is 17.8. The quantitative estimate of drug-likeness (QED) is 0.240. The highest BCUT2D eigenvalue weighted by atomic mass is 32.2. The lowest BCUT2D eigenvalue weighted by Gasteiger charge is -2.03. The molecule has 0 atom stereocenters. The monoisotopic (exact) mass is 376 g/mol. The Labute approximate surface area is 160 Å². The van der Waals surface area contributed by atoms with Crippen LogP contribution in [-0.2, 0) is 4.28 Å². The summed E-state index contributed by atoms with van der Waals surface area (Å²) in [7, 11) is 0. The van der Waals surface area contributed by atoms with Crippen LogP contribution in [0.2, 0.25) is 0 Å². The van der Waals surface area contributed by atoms with Crippen LogP contribution in [0.25, 0.3) is 10.2 Å². The zero-order valence-corrected chi connectivity index (χ0v) is 15.8. The number of thiazole rings is 1. The van der Waals surface area contributed by atoms with E-state index in [0.717, 1.165) is 31.4 Å². The molecular formula is C21H16N2OS2. The number of para-hydroxylation sites is 1. The first kappa shape index (κ1) is 16.8. The second kappa shape index (κ2) is 7.72. The summed E-state index contributed by atoms with van der Waals surface area (Å²) in [6.45, 7) is 2.06. The highest BCUT2D eigenvalue weighted by molar-refractivity contribution is 7.94. The van der Waals surface area contributed by atoms with Crippen molar-refractivity contribution in [1.82, 2.24) is 4.98 Å². The van der Waals surface area contributed by atoms with Crippen LogP contribution in [0.5, 0.6) is 0 Å². The van der Waals surface area contributed by atoms with Crippen molar-refractivity contribution in [2.75, 3.05) is 0 Å². The average Bonchev–Trinajstić information content (AvgIpc) is 3.11.